The molecule has 0 spiro atoms. The number of likely N-dealkylation sites (N-methyl/N-ethyl adjacent to an activating group) is 1. The Labute approximate surface area is 81.9 Å². The Balaban J connectivity index is 2.36. The summed E-state index contributed by atoms with van der Waals surface area (Å²) in [7, 11) is 2.06. The number of nitrogen functional groups attached to an aromatic ring is 1. The first-order chi connectivity index (χ1) is 6.75. The van der Waals surface area contributed by atoms with Crippen LogP contribution in [0, 0.1) is 0 Å². The van der Waals surface area contributed by atoms with Crippen molar-refractivity contribution in [3.63, 3.8) is 0 Å². The smallest absolute Gasteiger partial charge is 0.206 e. The third-order valence-electron chi connectivity index (χ3n) is 2.75. The second-order valence-electron chi connectivity index (χ2n) is 3.73. The molecule has 2 N–H and O–H groups in total. The summed E-state index contributed by atoms with van der Waals surface area (Å²) >= 11 is 0. The molecule has 4 nitrogen and oxygen atoms in total. The van der Waals surface area contributed by atoms with Crippen molar-refractivity contribution in [2.45, 2.75) is 6.54 Å². The second-order valence-corrected chi connectivity index (χ2v) is 3.73. The normalized spacial score (nSPS) is 15.1. The molecule has 0 saturated heterocycles. The average molecular weight is 188 g/mol. The summed E-state index contributed by atoms with van der Waals surface area (Å²) in [4.78, 5) is 6.71. The molecule has 0 saturated carbocycles. The second kappa shape index (κ2) is 2.41. The standard InChI is InChI=1S/C10H12N4/c1-13-4-5-14-9-6-7(11)2-3-8(9)12-10(13)14/h2-3,6H,4-5,11H2,1H3. The van der Waals surface area contributed by atoms with Crippen LogP contribution < -0.4 is 10.6 Å². The Morgan fingerprint density at radius 1 is 1.36 bits per heavy atom. The maximum atomic E-state index is 5.76. The number of aromatic nitrogens is 2. The predicted octanol–water partition coefficient (Wildman–Crippen LogP) is 1.07. The lowest BCUT2D eigenvalue weighted by molar-refractivity contribution is 0.819. The van der Waals surface area contributed by atoms with Crippen LogP contribution in [0.2, 0.25) is 0 Å². The van der Waals surface area contributed by atoms with Gasteiger partial charge in [-0.05, 0) is 18.2 Å². The molecule has 0 aliphatic carbocycles. The molecule has 0 fully saturated rings. The van der Waals surface area contributed by atoms with E-state index in [1.165, 1.54) is 0 Å². The van der Waals surface area contributed by atoms with Gasteiger partial charge >= 0.3 is 0 Å². The number of hydrogen-bond donors (Lipinski definition) is 1. The van der Waals surface area contributed by atoms with Gasteiger partial charge in [-0.15, -0.1) is 0 Å². The first-order valence-electron chi connectivity index (χ1n) is 4.72. The monoisotopic (exact) mass is 188 g/mol. The largest absolute Gasteiger partial charge is 0.399 e. The Bertz CT molecular complexity index is 500. The van der Waals surface area contributed by atoms with Gasteiger partial charge in [0.15, 0.2) is 0 Å². The van der Waals surface area contributed by atoms with Crippen LogP contribution in [0.5, 0.6) is 0 Å². The number of anilines is 2. The molecule has 1 aromatic heterocycles. The van der Waals surface area contributed by atoms with Gasteiger partial charge in [-0.1, -0.05) is 0 Å². The minimum absolute atomic E-state index is 0.801. The molecule has 1 aromatic carbocycles. The lowest BCUT2D eigenvalue weighted by Crippen LogP contribution is -2.13. The molecule has 2 aromatic rings. The van der Waals surface area contributed by atoms with Crippen molar-refractivity contribution in [3.8, 4) is 0 Å². The summed E-state index contributed by atoms with van der Waals surface area (Å²) in [5, 5.41) is 0. The summed E-state index contributed by atoms with van der Waals surface area (Å²) < 4.78 is 2.21. The van der Waals surface area contributed by atoms with Gasteiger partial charge < -0.3 is 15.2 Å². The fraction of sp³-hybridized carbons (Fsp3) is 0.300. The quantitative estimate of drug-likeness (QED) is 0.629. The summed E-state index contributed by atoms with van der Waals surface area (Å²) in [6, 6.07) is 5.86. The zero-order valence-corrected chi connectivity index (χ0v) is 8.07. The van der Waals surface area contributed by atoms with Crippen molar-refractivity contribution in [1.29, 1.82) is 0 Å². The van der Waals surface area contributed by atoms with Crippen LogP contribution >= 0.6 is 0 Å². The molecule has 2 heterocycles. The Hall–Kier alpha value is -1.71. The highest BCUT2D eigenvalue weighted by molar-refractivity contribution is 5.82. The van der Waals surface area contributed by atoms with E-state index in [1.807, 2.05) is 18.2 Å². The fourth-order valence-corrected chi connectivity index (χ4v) is 1.99. The van der Waals surface area contributed by atoms with E-state index >= 15 is 0 Å². The van der Waals surface area contributed by atoms with Crippen molar-refractivity contribution in [1.82, 2.24) is 9.55 Å². The van der Waals surface area contributed by atoms with E-state index in [-0.39, 0.29) is 0 Å². The number of nitrogens with zero attached hydrogens (tertiary/aromatic N) is 3. The van der Waals surface area contributed by atoms with Gasteiger partial charge in [0.2, 0.25) is 5.95 Å². The molecule has 4 heteroatoms. The van der Waals surface area contributed by atoms with E-state index in [4.69, 9.17) is 5.73 Å². The number of hydrogen-bond acceptors (Lipinski definition) is 3. The highest BCUT2D eigenvalue weighted by Crippen LogP contribution is 2.27. The maximum Gasteiger partial charge on any atom is 0.206 e. The molecule has 0 unspecified atom stereocenters. The summed E-state index contributed by atoms with van der Waals surface area (Å²) in [6.07, 6.45) is 0. The molecule has 14 heavy (non-hydrogen) atoms. The predicted molar refractivity (Wildman–Crippen MR) is 57.4 cm³/mol. The van der Waals surface area contributed by atoms with Crippen LogP contribution in [0.3, 0.4) is 0 Å². The zero-order valence-electron chi connectivity index (χ0n) is 8.07. The van der Waals surface area contributed by atoms with E-state index < -0.39 is 0 Å². The maximum absolute atomic E-state index is 5.76. The minimum atomic E-state index is 0.801. The average Bonchev–Trinajstić information content (AvgIpc) is 2.67. The van der Waals surface area contributed by atoms with Crippen LogP contribution in [0.15, 0.2) is 18.2 Å². The van der Waals surface area contributed by atoms with Gasteiger partial charge in [0.1, 0.15) is 0 Å². The number of nitrogens with two attached hydrogens (primary N) is 1. The lowest BCUT2D eigenvalue weighted by atomic mass is 10.3. The number of rotatable bonds is 0. The minimum Gasteiger partial charge on any atom is -0.399 e. The molecule has 1 aliphatic heterocycles. The van der Waals surface area contributed by atoms with Gasteiger partial charge in [-0.25, -0.2) is 4.98 Å². The van der Waals surface area contributed by atoms with Crippen LogP contribution in [0.25, 0.3) is 11.0 Å². The number of fused-ring (bicyclic) bond motifs is 3. The highest BCUT2D eigenvalue weighted by atomic mass is 15.3. The van der Waals surface area contributed by atoms with Gasteiger partial charge in [0, 0.05) is 25.8 Å². The van der Waals surface area contributed by atoms with E-state index in [0.717, 1.165) is 35.8 Å². The van der Waals surface area contributed by atoms with Gasteiger partial charge in [-0.2, -0.15) is 0 Å². The molecule has 0 amide bonds. The van der Waals surface area contributed by atoms with E-state index in [0.29, 0.717) is 0 Å². The number of benzene rings is 1. The first-order valence-corrected chi connectivity index (χ1v) is 4.72. The van der Waals surface area contributed by atoms with E-state index in [2.05, 4.69) is 21.5 Å². The summed E-state index contributed by atoms with van der Waals surface area (Å²) in [6.45, 7) is 2.04. The van der Waals surface area contributed by atoms with Crippen LogP contribution in [-0.2, 0) is 6.54 Å². The van der Waals surface area contributed by atoms with Crippen LogP contribution in [-0.4, -0.2) is 23.1 Å². The Morgan fingerprint density at radius 3 is 3.07 bits per heavy atom. The van der Waals surface area contributed by atoms with E-state index in [1.54, 1.807) is 0 Å². The molecule has 0 atom stereocenters. The lowest BCUT2D eigenvalue weighted by Gasteiger charge is -2.04. The van der Waals surface area contributed by atoms with Gasteiger partial charge in [0.25, 0.3) is 0 Å². The van der Waals surface area contributed by atoms with Crippen molar-refractivity contribution >= 4 is 22.7 Å². The van der Waals surface area contributed by atoms with E-state index in [9.17, 15) is 0 Å². The Morgan fingerprint density at radius 2 is 2.21 bits per heavy atom. The molecule has 1 aliphatic rings. The topological polar surface area (TPSA) is 47.1 Å². The fourth-order valence-electron chi connectivity index (χ4n) is 1.99. The van der Waals surface area contributed by atoms with Crippen molar-refractivity contribution in [3.05, 3.63) is 18.2 Å². The van der Waals surface area contributed by atoms with Gasteiger partial charge in [0.05, 0.1) is 11.0 Å². The van der Waals surface area contributed by atoms with Crippen molar-refractivity contribution < 1.29 is 0 Å². The molecule has 0 radical (unpaired) electrons. The molecular weight excluding hydrogens is 176 g/mol. The molecule has 3 rings (SSSR count). The SMILES string of the molecule is CN1CCn2c1nc1ccc(N)cc12. The van der Waals surface area contributed by atoms with Crippen LogP contribution in [0.4, 0.5) is 11.6 Å². The van der Waals surface area contributed by atoms with Crippen LogP contribution in [0.1, 0.15) is 0 Å². The first kappa shape index (κ1) is 7.67. The summed E-state index contributed by atoms with van der Waals surface area (Å²) in [5.74, 6) is 1.05. The third-order valence-corrected chi connectivity index (χ3v) is 2.75. The molecule has 72 valence electrons. The number of imidazole rings is 1. The van der Waals surface area contributed by atoms with Crippen molar-refractivity contribution in [2.24, 2.45) is 0 Å². The summed E-state index contributed by atoms with van der Waals surface area (Å²) in [5.41, 5.74) is 8.73. The van der Waals surface area contributed by atoms with Crippen molar-refractivity contribution in [2.75, 3.05) is 24.2 Å². The van der Waals surface area contributed by atoms with Gasteiger partial charge in [-0.3, -0.25) is 0 Å². The third kappa shape index (κ3) is 0.852. The zero-order chi connectivity index (χ0) is 9.71. The molecular formula is C10H12N4. The highest BCUT2D eigenvalue weighted by Gasteiger charge is 2.19. The molecule has 0 bridgehead atoms. The Kier molecular flexibility index (Phi) is 1.32.